The fraction of sp³-hybridized carbons (Fsp3) is 0.304. The van der Waals surface area contributed by atoms with Gasteiger partial charge in [-0.15, -0.1) is 0 Å². The summed E-state index contributed by atoms with van der Waals surface area (Å²) in [5.74, 6) is 1.04. The predicted molar refractivity (Wildman–Crippen MR) is 106 cm³/mol. The van der Waals surface area contributed by atoms with Crippen molar-refractivity contribution in [1.29, 1.82) is 0 Å². The third kappa shape index (κ3) is 3.28. The molecule has 1 aliphatic heterocycles. The number of methoxy groups -OCH3 is 1. The van der Waals surface area contributed by atoms with Crippen LogP contribution in [0, 0.1) is 6.92 Å². The van der Waals surface area contributed by atoms with Crippen LogP contribution in [0.2, 0.25) is 0 Å². The number of hydrogen-bond donors (Lipinski definition) is 0. The number of benzene rings is 2. The molecule has 5 nitrogen and oxygen atoms in total. The Balaban J connectivity index is 1.59. The van der Waals surface area contributed by atoms with Crippen LogP contribution >= 0.6 is 0 Å². The first-order valence-electron chi connectivity index (χ1n) is 9.55. The Labute approximate surface area is 164 Å². The lowest BCUT2D eigenvalue weighted by atomic mass is 9.93. The largest absolute Gasteiger partial charge is 0.496 e. The van der Waals surface area contributed by atoms with Crippen LogP contribution < -0.4 is 14.4 Å². The van der Waals surface area contributed by atoms with Gasteiger partial charge in [-0.25, -0.2) is 4.90 Å². The summed E-state index contributed by atoms with van der Waals surface area (Å²) in [5, 5.41) is 0. The average molecular weight is 377 g/mol. The van der Waals surface area contributed by atoms with Gasteiger partial charge >= 0.3 is 0 Å². The summed E-state index contributed by atoms with van der Waals surface area (Å²) in [6.45, 7) is 2.30. The molecule has 5 heteroatoms. The Morgan fingerprint density at radius 3 is 2.18 bits per heavy atom. The van der Waals surface area contributed by atoms with E-state index in [4.69, 9.17) is 9.47 Å². The van der Waals surface area contributed by atoms with Crippen LogP contribution in [0.1, 0.15) is 36.8 Å². The van der Waals surface area contributed by atoms with Crippen LogP contribution in [-0.2, 0) is 16.2 Å². The summed E-state index contributed by atoms with van der Waals surface area (Å²) in [5.41, 5.74) is 3.88. The Morgan fingerprint density at radius 2 is 1.57 bits per heavy atom. The third-order valence-electron chi connectivity index (χ3n) is 5.33. The lowest BCUT2D eigenvalue weighted by molar-refractivity contribution is -0.120. The van der Waals surface area contributed by atoms with E-state index in [0.717, 1.165) is 29.7 Å². The molecular weight excluding hydrogens is 354 g/mol. The molecule has 2 aliphatic rings. The molecule has 0 fully saturated rings. The number of imide groups is 1. The lowest BCUT2D eigenvalue weighted by Crippen LogP contribution is -2.31. The smallest absolute Gasteiger partial charge is 0.261 e. The van der Waals surface area contributed by atoms with E-state index in [1.807, 2.05) is 31.2 Å². The highest BCUT2D eigenvalue weighted by Crippen LogP contribution is 2.37. The Morgan fingerprint density at radius 1 is 0.929 bits per heavy atom. The van der Waals surface area contributed by atoms with Crippen molar-refractivity contribution in [2.75, 3.05) is 12.0 Å². The molecule has 0 saturated carbocycles. The fourth-order valence-electron chi connectivity index (χ4n) is 3.79. The minimum atomic E-state index is -0.185. The number of aryl methyl sites for hydroxylation is 1. The van der Waals surface area contributed by atoms with Gasteiger partial charge in [-0.3, -0.25) is 9.59 Å². The standard InChI is InChI=1S/C23H23NO4/c1-15-7-10-18(11-8-15)28-14-16-13-17(9-12-21(16)27-2)24-22(25)19-5-3-4-6-20(19)23(24)26/h7-13H,3-6,14H2,1-2H3. The molecule has 0 unspecified atom stereocenters. The van der Waals surface area contributed by atoms with Crippen LogP contribution in [0.4, 0.5) is 5.69 Å². The van der Waals surface area contributed by atoms with Crippen LogP contribution in [0.15, 0.2) is 53.6 Å². The summed E-state index contributed by atoms with van der Waals surface area (Å²) >= 11 is 0. The van der Waals surface area contributed by atoms with Gasteiger partial charge in [0, 0.05) is 16.7 Å². The fourth-order valence-corrected chi connectivity index (χ4v) is 3.79. The SMILES string of the molecule is COc1ccc(N2C(=O)C3=C(CCCC3)C2=O)cc1COc1ccc(C)cc1. The van der Waals surface area contributed by atoms with E-state index in [1.54, 1.807) is 25.3 Å². The molecule has 1 aliphatic carbocycles. The van der Waals surface area contributed by atoms with Crippen LogP contribution in [0.5, 0.6) is 11.5 Å². The van der Waals surface area contributed by atoms with Gasteiger partial charge in [-0.05, 0) is 62.9 Å². The van der Waals surface area contributed by atoms with E-state index < -0.39 is 0 Å². The second kappa shape index (κ2) is 7.50. The molecule has 4 rings (SSSR count). The van der Waals surface area contributed by atoms with E-state index in [-0.39, 0.29) is 18.4 Å². The van der Waals surface area contributed by atoms with E-state index in [0.29, 0.717) is 35.4 Å². The summed E-state index contributed by atoms with van der Waals surface area (Å²) < 4.78 is 11.3. The molecule has 1 heterocycles. The first-order chi connectivity index (χ1) is 13.6. The summed E-state index contributed by atoms with van der Waals surface area (Å²) in [6.07, 6.45) is 3.31. The van der Waals surface area contributed by atoms with Gasteiger partial charge in [0.15, 0.2) is 0 Å². The van der Waals surface area contributed by atoms with Crippen molar-refractivity contribution < 1.29 is 19.1 Å². The maximum absolute atomic E-state index is 12.8. The second-order valence-corrected chi connectivity index (χ2v) is 7.21. The Hall–Kier alpha value is -3.08. The van der Waals surface area contributed by atoms with Gasteiger partial charge < -0.3 is 9.47 Å². The monoisotopic (exact) mass is 377 g/mol. The summed E-state index contributed by atoms with van der Waals surface area (Å²) in [7, 11) is 1.59. The van der Waals surface area contributed by atoms with Crippen molar-refractivity contribution in [2.45, 2.75) is 39.2 Å². The summed E-state index contributed by atoms with van der Waals surface area (Å²) in [6, 6.07) is 13.1. The molecule has 2 aromatic rings. The topological polar surface area (TPSA) is 55.8 Å². The lowest BCUT2D eigenvalue weighted by Gasteiger charge is -2.18. The molecule has 0 spiro atoms. The van der Waals surface area contributed by atoms with Crippen molar-refractivity contribution in [3.05, 3.63) is 64.7 Å². The Bertz CT molecular complexity index is 931. The average Bonchev–Trinajstić information content (AvgIpc) is 2.98. The highest BCUT2D eigenvalue weighted by molar-refractivity contribution is 6.33. The second-order valence-electron chi connectivity index (χ2n) is 7.21. The maximum atomic E-state index is 12.8. The molecule has 2 aromatic carbocycles. The van der Waals surface area contributed by atoms with Crippen LogP contribution in [0.25, 0.3) is 0 Å². The molecule has 2 amide bonds. The first-order valence-corrected chi connectivity index (χ1v) is 9.55. The molecule has 144 valence electrons. The molecule has 0 saturated heterocycles. The van der Waals surface area contributed by atoms with Crippen molar-refractivity contribution >= 4 is 17.5 Å². The van der Waals surface area contributed by atoms with E-state index in [1.165, 1.54) is 4.90 Å². The number of ether oxygens (including phenoxy) is 2. The first kappa shape index (κ1) is 18.3. The number of hydrogen-bond acceptors (Lipinski definition) is 4. The van der Waals surface area contributed by atoms with Crippen LogP contribution in [0.3, 0.4) is 0 Å². The van der Waals surface area contributed by atoms with E-state index in [2.05, 4.69) is 0 Å². The quantitative estimate of drug-likeness (QED) is 0.728. The zero-order valence-electron chi connectivity index (χ0n) is 16.2. The zero-order valence-corrected chi connectivity index (χ0v) is 16.2. The molecular formula is C23H23NO4. The van der Waals surface area contributed by atoms with Gasteiger partial charge in [0.1, 0.15) is 18.1 Å². The summed E-state index contributed by atoms with van der Waals surface area (Å²) in [4.78, 5) is 26.9. The van der Waals surface area contributed by atoms with Gasteiger partial charge in [0.25, 0.3) is 11.8 Å². The molecule has 28 heavy (non-hydrogen) atoms. The number of nitrogens with zero attached hydrogens (tertiary/aromatic N) is 1. The number of carbonyl (C=O) groups is 2. The van der Waals surface area contributed by atoms with Crippen molar-refractivity contribution in [3.63, 3.8) is 0 Å². The zero-order chi connectivity index (χ0) is 19.7. The van der Waals surface area contributed by atoms with E-state index in [9.17, 15) is 9.59 Å². The van der Waals surface area contributed by atoms with Crippen LogP contribution in [-0.4, -0.2) is 18.9 Å². The van der Waals surface area contributed by atoms with Gasteiger partial charge in [-0.2, -0.15) is 0 Å². The molecule has 0 radical (unpaired) electrons. The number of carbonyl (C=O) groups excluding carboxylic acids is 2. The number of anilines is 1. The molecule has 0 aromatic heterocycles. The van der Waals surface area contributed by atoms with Gasteiger partial charge in [0.05, 0.1) is 12.8 Å². The van der Waals surface area contributed by atoms with Gasteiger partial charge in [-0.1, -0.05) is 17.7 Å². The van der Waals surface area contributed by atoms with Crippen molar-refractivity contribution in [1.82, 2.24) is 0 Å². The minimum absolute atomic E-state index is 0.185. The number of amides is 2. The Kier molecular flexibility index (Phi) is 4.90. The van der Waals surface area contributed by atoms with Crippen molar-refractivity contribution in [3.8, 4) is 11.5 Å². The number of rotatable bonds is 5. The third-order valence-corrected chi connectivity index (χ3v) is 5.33. The highest BCUT2D eigenvalue weighted by Gasteiger charge is 2.39. The minimum Gasteiger partial charge on any atom is -0.496 e. The normalized spacial score (nSPS) is 16.4. The molecule has 0 N–H and O–H groups in total. The molecule has 0 atom stereocenters. The highest BCUT2D eigenvalue weighted by atomic mass is 16.5. The van der Waals surface area contributed by atoms with Crippen molar-refractivity contribution in [2.24, 2.45) is 0 Å². The van der Waals surface area contributed by atoms with E-state index >= 15 is 0 Å². The van der Waals surface area contributed by atoms with Gasteiger partial charge in [0.2, 0.25) is 0 Å². The molecule has 0 bridgehead atoms. The predicted octanol–water partition coefficient (Wildman–Crippen LogP) is 4.33. The maximum Gasteiger partial charge on any atom is 0.261 e.